The molecule has 1 aromatic carbocycles. The molecular formula is C15H21ClN2O. The zero-order valence-corrected chi connectivity index (χ0v) is 12.9. The van der Waals surface area contributed by atoms with Crippen molar-refractivity contribution in [1.82, 2.24) is 5.32 Å². The van der Waals surface area contributed by atoms with Gasteiger partial charge in [0.2, 0.25) is 0 Å². The molecule has 1 rings (SSSR count). The lowest BCUT2D eigenvalue weighted by Gasteiger charge is -2.19. The molecule has 0 aliphatic heterocycles. The minimum atomic E-state index is -0.269. The smallest absolute Gasteiger partial charge is 0.314 e. The second kappa shape index (κ2) is 6.11. The van der Waals surface area contributed by atoms with Crippen LogP contribution in [0.1, 0.15) is 33.3 Å². The summed E-state index contributed by atoms with van der Waals surface area (Å²) >= 11 is 5.90. The zero-order chi connectivity index (χ0) is 14.6. The topological polar surface area (TPSA) is 41.1 Å². The molecule has 0 aliphatic carbocycles. The molecule has 0 radical (unpaired) electrons. The van der Waals surface area contributed by atoms with Crippen LogP contribution in [0.15, 0.2) is 30.0 Å². The zero-order valence-electron chi connectivity index (χ0n) is 12.1. The predicted octanol–water partition coefficient (Wildman–Crippen LogP) is 4.72. The molecule has 0 bridgehead atoms. The quantitative estimate of drug-likeness (QED) is 0.808. The number of hydrogen-bond donors (Lipinski definition) is 2. The van der Waals surface area contributed by atoms with Crippen LogP contribution in [0.5, 0.6) is 0 Å². The third-order valence-electron chi connectivity index (χ3n) is 3.05. The molecule has 0 aromatic heterocycles. The Hall–Kier alpha value is -1.48. The average molecular weight is 281 g/mol. The lowest BCUT2D eigenvalue weighted by Crippen LogP contribution is -2.25. The van der Waals surface area contributed by atoms with Crippen molar-refractivity contribution < 1.29 is 4.79 Å². The largest absolute Gasteiger partial charge is 0.323 e. The third-order valence-corrected chi connectivity index (χ3v) is 3.29. The van der Waals surface area contributed by atoms with E-state index in [1.54, 1.807) is 18.3 Å². The lowest BCUT2D eigenvalue weighted by atomic mass is 9.88. The summed E-state index contributed by atoms with van der Waals surface area (Å²) in [7, 11) is 0. The van der Waals surface area contributed by atoms with E-state index in [2.05, 4.69) is 31.4 Å². The monoisotopic (exact) mass is 280 g/mol. The Kier molecular flexibility index (Phi) is 5.01. The first-order valence-electron chi connectivity index (χ1n) is 6.21. The van der Waals surface area contributed by atoms with Crippen molar-refractivity contribution in [2.24, 2.45) is 5.41 Å². The molecule has 0 spiro atoms. The summed E-state index contributed by atoms with van der Waals surface area (Å²) in [5, 5.41) is 6.11. The summed E-state index contributed by atoms with van der Waals surface area (Å²) in [6.07, 6.45) is 1.73. The molecule has 0 saturated heterocycles. The van der Waals surface area contributed by atoms with Gasteiger partial charge in [0.15, 0.2) is 0 Å². The Labute approximate surface area is 120 Å². The maximum Gasteiger partial charge on any atom is 0.323 e. The second-order valence-electron chi connectivity index (χ2n) is 5.64. The highest BCUT2D eigenvalue weighted by Crippen LogP contribution is 2.23. The molecule has 0 atom stereocenters. The van der Waals surface area contributed by atoms with Gasteiger partial charge in [0.1, 0.15) is 0 Å². The van der Waals surface area contributed by atoms with Crippen molar-refractivity contribution in [2.75, 3.05) is 5.32 Å². The summed E-state index contributed by atoms with van der Waals surface area (Å²) < 4.78 is 0. The van der Waals surface area contributed by atoms with Crippen molar-refractivity contribution in [3.8, 4) is 0 Å². The first-order valence-corrected chi connectivity index (χ1v) is 6.59. The fourth-order valence-electron chi connectivity index (χ4n) is 1.28. The van der Waals surface area contributed by atoms with Crippen LogP contribution in [0.4, 0.5) is 10.5 Å². The van der Waals surface area contributed by atoms with E-state index in [1.165, 1.54) is 0 Å². The van der Waals surface area contributed by atoms with E-state index in [0.717, 1.165) is 11.1 Å². The van der Waals surface area contributed by atoms with Crippen LogP contribution >= 0.6 is 11.6 Å². The number of amides is 2. The van der Waals surface area contributed by atoms with Gasteiger partial charge >= 0.3 is 6.03 Å². The van der Waals surface area contributed by atoms with Gasteiger partial charge in [0.05, 0.1) is 0 Å². The van der Waals surface area contributed by atoms with E-state index < -0.39 is 0 Å². The number of urea groups is 1. The summed E-state index contributed by atoms with van der Waals surface area (Å²) in [5.74, 6) is 0. The van der Waals surface area contributed by atoms with Gasteiger partial charge in [-0.1, -0.05) is 44.0 Å². The minimum Gasteiger partial charge on any atom is -0.314 e. The van der Waals surface area contributed by atoms with Crippen LogP contribution in [-0.2, 0) is 0 Å². The summed E-state index contributed by atoms with van der Waals surface area (Å²) in [5.41, 5.74) is 2.83. The van der Waals surface area contributed by atoms with Crippen LogP contribution in [0.2, 0.25) is 5.02 Å². The molecule has 0 unspecified atom stereocenters. The van der Waals surface area contributed by atoms with Gasteiger partial charge in [-0.15, -0.1) is 0 Å². The fourth-order valence-corrected chi connectivity index (χ4v) is 1.45. The number of benzene rings is 1. The van der Waals surface area contributed by atoms with Gasteiger partial charge in [-0.2, -0.15) is 0 Å². The highest BCUT2D eigenvalue weighted by Gasteiger charge is 2.12. The molecule has 2 amide bonds. The van der Waals surface area contributed by atoms with Crippen LogP contribution in [0, 0.1) is 12.3 Å². The Morgan fingerprint density at radius 3 is 2.53 bits per heavy atom. The molecule has 2 N–H and O–H groups in total. The highest BCUT2D eigenvalue weighted by atomic mass is 35.5. The number of allylic oxidation sites excluding steroid dienone is 1. The van der Waals surface area contributed by atoms with Gasteiger partial charge in [0, 0.05) is 16.9 Å². The summed E-state index contributed by atoms with van der Waals surface area (Å²) in [6.45, 7) is 10.2. The van der Waals surface area contributed by atoms with E-state index >= 15 is 0 Å². The predicted molar refractivity (Wildman–Crippen MR) is 81.6 cm³/mol. The van der Waals surface area contributed by atoms with Crippen LogP contribution in [-0.4, -0.2) is 6.03 Å². The molecule has 104 valence electrons. The Morgan fingerprint density at radius 2 is 1.95 bits per heavy atom. The molecule has 0 heterocycles. The van der Waals surface area contributed by atoms with Crippen molar-refractivity contribution in [3.63, 3.8) is 0 Å². The molecule has 0 saturated carbocycles. The van der Waals surface area contributed by atoms with Gasteiger partial charge in [0.25, 0.3) is 0 Å². The maximum absolute atomic E-state index is 11.8. The number of halogens is 1. The number of carbonyl (C=O) groups excluding carboxylic acids is 1. The number of rotatable bonds is 2. The van der Waals surface area contributed by atoms with Crippen molar-refractivity contribution in [3.05, 3.63) is 40.6 Å². The highest BCUT2D eigenvalue weighted by molar-refractivity contribution is 6.31. The first-order chi connectivity index (χ1) is 8.70. The molecule has 0 aliphatic rings. The van der Waals surface area contributed by atoms with E-state index in [4.69, 9.17) is 11.6 Å². The Morgan fingerprint density at radius 1 is 1.32 bits per heavy atom. The minimum absolute atomic E-state index is 0.0409. The third kappa shape index (κ3) is 4.95. The van der Waals surface area contributed by atoms with E-state index in [9.17, 15) is 4.79 Å². The summed E-state index contributed by atoms with van der Waals surface area (Å²) in [6, 6.07) is 5.13. The SMILES string of the molecule is C/C(=C\NC(=O)Nc1cc(Cl)ccc1C)C(C)(C)C. The lowest BCUT2D eigenvalue weighted by molar-refractivity contribution is 0.255. The van der Waals surface area contributed by atoms with Gasteiger partial charge in [-0.3, -0.25) is 0 Å². The van der Waals surface area contributed by atoms with Gasteiger partial charge < -0.3 is 10.6 Å². The van der Waals surface area contributed by atoms with E-state index in [-0.39, 0.29) is 11.4 Å². The van der Waals surface area contributed by atoms with Crippen molar-refractivity contribution in [1.29, 1.82) is 0 Å². The molecular weight excluding hydrogens is 260 g/mol. The maximum atomic E-state index is 11.8. The van der Waals surface area contributed by atoms with E-state index in [0.29, 0.717) is 10.7 Å². The molecule has 19 heavy (non-hydrogen) atoms. The molecule has 1 aromatic rings. The number of carbonyl (C=O) groups is 1. The van der Waals surface area contributed by atoms with Gasteiger partial charge in [-0.05, 0) is 37.0 Å². The molecule has 4 heteroatoms. The number of nitrogens with one attached hydrogen (secondary N) is 2. The van der Waals surface area contributed by atoms with Crippen LogP contribution in [0.3, 0.4) is 0 Å². The van der Waals surface area contributed by atoms with Gasteiger partial charge in [-0.25, -0.2) is 4.79 Å². The van der Waals surface area contributed by atoms with Crippen molar-refractivity contribution in [2.45, 2.75) is 34.6 Å². The van der Waals surface area contributed by atoms with Crippen molar-refractivity contribution >= 4 is 23.3 Å². The average Bonchev–Trinajstić information content (AvgIpc) is 2.29. The summed E-state index contributed by atoms with van der Waals surface area (Å²) in [4.78, 5) is 11.8. The van der Waals surface area contributed by atoms with Crippen LogP contribution in [0.25, 0.3) is 0 Å². The number of aryl methyl sites for hydroxylation is 1. The standard InChI is InChI=1S/C15H21ClN2O/c1-10-6-7-12(16)8-13(10)18-14(19)17-9-11(2)15(3,4)5/h6-9H,1-5H3,(H2,17,18,19)/b11-9+. The molecule has 0 fully saturated rings. The van der Waals surface area contributed by atoms with Crippen LogP contribution < -0.4 is 10.6 Å². The normalized spacial score (nSPS) is 12.2. The van der Waals surface area contributed by atoms with E-state index in [1.807, 2.05) is 19.9 Å². The Balaban J connectivity index is 2.69. The number of anilines is 1. The Bertz CT molecular complexity index is 501. The fraction of sp³-hybridized carbons (Fsp3) is 0.400. The number of hydrogen-bond acceptors (Lipinski definition) is 1. The second-order valence-corrected chi connectivity index (χ2v) is 6.07. The molecule has 3 nitrogen and oxygen atoms in total. The first kappa shape index (κ1) is 15.6.